The van der Waals surface area contributed by atoms with Crippen LogP contribution in [0.1, 0.15) is 0 Å². The highest BCUT2D eigenvalue weighted by Crippen LogP contribution is 2.45. The molecule has 1 aromatic heterocycles. The van der Waals surface area contributed by atoms with Crippen molar-refractivity contribution in [3.63, 3.8) is 0 Å². The van der Waals surface area contributed by atoms with E-state index >= 15 is 0 Å². The molecule has 2 heteroatoms. The molecular weight excluding hydrogens is 653 g/mol. The van der Waals surface area contributed by atoms with Crippen LogP contribution in [0.25, 0.3) is 71.6 Å². The van der Waals surface area contributed by atoms with Crippen molar-refractivity contribution in [2.75, 3.05) is 4.90 Å². The third kappa shape index (κ3) is 5.53. The molecule has 0 aliphatic rings. The largest absolute Gasteiger partial charge is 0.311 e. The number of aromatic nitrogens is 1. The third-order valence-corrected chi connectivity index (χ3v) is 10.6. The standard InChI is InChI=1S/C52H36N2/c1-5-15-37(16-6-1)39-25-30-46(31-26-39)54-50-36-41(38-17-7-2-8-18-38)29-34-48(50)51-49(35-42-19-13-14-24-47(42)52(51)54)40-27-32-45(33-28-40)53(43-20-9-3-10-21-43)44-22-11-4-12-23-44/h1-36H. The van der Waals surface area contributed by atoms with Crippen LogP contribution in [0.5, 0.6) is 0 Å². The molecule has 0 aliphatic carbocycles. The van der Waals surface area contributed by atoms with E-state index in [-0.39, 0.29) is 0 Å². The van der Waals surface area contributed by atoms with Gasteiger partial charge in [0, 0.05) is 38.9 Å². The van der Waals surface area contributed by atoms with Crippen molar-refractivity contribution in [3.05, 3.63) is 218 Å². The zero-order valence-electron chi connectivity index (χ0n) is 29.7. The monoisotopic (exact) mass is 688 g/mol. The van der Waals surface area contributed by atoms with Crippen LogP contribution in [0.4, 0.5) is 17.1 Å². The van der Waals surface area contributed by atoms with Crippen LogP contribution in [0.3, 0.4) is 0 Å². The fraction of sp³-hybridized carbons (Fsp3) is 0. The van der Waals surface area contributed by atoms with Crippen LogP contribution in [0.2, 0.25) is 0 Å². The molecule has 0 N–H and O–H groups in total. The van der Waals surface area contributed by atoms with Crippen LogP contribution < -0.4 is 4.90 Å². The van der Waals surface area contributed by atoms with E-state index in [1.807, 2.05) is 0 Å². The normalized spacial score (nSPS) is 11.3. The van der Waals surface area contributed by atoms with E-state index in [4.69, 9.17) is 0 Å². The Kier molecular flexibility index (Phi) is 7.85. The number of hydrogen-bond donors (Lipinski definition) is 0. The van der Waals surface area contributed by atoms with E-state index in [2.05, 4.69) is 228 Å². The smallest absolute Gasteiger partial charge is 0.0625 e. The zero-order valence-corrected chi connectivity index (χ0v) is 29.7. The van der Waals surface area contributed by atoms with Crippen LogP contribution in [0.15, 0.2) is 218 Å². The highest BCUT2D eigenvalue weighted by molar-refractivity contribution is 6.24. The summed E-state index contributed by atoms with van der Waals surface area (Å²) in [7, 11) is 0. The highest BCUT2D eigenvalue weighted by atomic mass is 15.1. The lowest BCUT2D eigenvalue weighted by Crippen LogP contribution is -2.09. The zero-order chi connectivity index (χ0) is 35.8. The first kappa shape index (κ1) is 31.6. The average Bonchev–Trinajstić information content (AvgIpc) is 3.60. The second-order valence-corrected chi connectivity index (χ2v) is 13.8. The van der Waals surface area contributed by atoms with E-state index in [1.54, 1.807) is 0 Å². The van der Waals surface area contributed by atoms with Gasteiger partial charge >= 0.3 is 0 Å². The Bertz CT molecular complexity index is 2840. The molecule has 0 saturated carbocycles. The molecule has 0 unspecified atom stereocenters. The van der Waals surface area contributed by atoms with Gasteiger partial charge in [0.25, 0.3) is 0 Å². The predicted octanol–water partition coefficient (Wildman–Crippen LogP) is 14.4. The number of rotatable bonds is 7. The fourth-order valence-electron chi connectivity index (χ4n) is 8.01. The Balaban J connectivity index is 1.21. The molecule has 0 bridgehead atoms. The van der Waals surface area contributed by atoms with Gasteiger partial charge < -0.3 is 9.47 Å². The topological polar surface area (TPSA) is 8.17 Å². The van der Waals surface area contributed by atoms with E-state index in [0.717, 1.165) is 22.7 Å². The summed E-state index contributed by atoms with van der Waals surface area (Å²) in [6.07, 6.45) is 0. The molecule has 0 aliphatic heterocycles. The first-order valence-electron chi connectivity index (χ1n) is 18.5. The number of hydrogen-bond acceptors (Lipinski definition) is 1. The maximum atomic E-state index is 2.48. The minimum Gasteiger partial charge on any atom is -0.311 e. The molecular formula is C52H36N2. The molecule has 0 radical (unpaired) electrons. The van der Waals surface area contributed by atoms with E-state index in [1.165, 1.54) is 66.0 Å². The fourth-order valence-corrected chi connectivity index (χ4v) is 8.01. The van der Waals surface area contributed by atoms with Crippen molar-refractivity contribution in [3.8, 4) is 39.1 Å². The molecule has 9 aromatic carbocycles. The molecule has 10 aromatic rings. The molecule has 0 atom stereocenters. The third-order valence-electron chi connectivity index (χ3n) is 10.6. The Hall–Kier alpha value is -7.16. The number of anilines is 3. The van der Waals surface area contributed by atoms with Gasteiger partial charge in [-0.05, 0) is 99.4 Å². The van der Waals surface area contributed by atoms with Gasteiger partial charge in [0.2, 0.25) is 0 Å². The molecule has 54 heavy (non-hydrogen) atoms. The molecule has 0 spiro atoms. The number of para-hydroxylation sites is 2. The van der Waals surface area contributed by atoms with Gasteiger partial charge in [0.05, 0.1) is 11.0 Å². The second kappa shape index (κ2) is 13.4. The number of fused-ring (bicyclic) bond motifs is 5. The maximum absolute atomic E-state index is 2.48. The minimum absolute atomic E-state index is 1.11. The van der Waals surface area contributed by atoms with Crippen LogP contribution in [-0.4, -0.2) is 4.57 Å². The van der Waals surface area contributed by atoms with Gasteiger partial charge in [-0.2, -0.15) is 0 Å². The van der Waals surface area contributed by atoms with Gasteiger partial charge in [-0.3, -0.25) is 0 Å². The summed E-state index contributed by atoms with van der Waals surface area (Å²) in [5.74, 6) is 0. The van der Waals surface area contributed by atoms with Gasteiger partial charge in [-0.15, -0.1) is 0 Å². The summed E-state index contributed by atoms with van der Waals surface area (Å²) < 4.78 is 2.48. The number of benzene rings is 9. The highest BCUT2D eigenvalue weighted by Gasteiger charge is 2.21. The van der Waals surface area contributed by atoms with Crippen molar-refractivity contribution in [1.29, 1.82) is 0 Å². The molecule has 0 amide bonds. The first-order valence-corrected chi connectivity index (χ1v) is 18.5. The van der Waals surface area contributed by atoms with E-state index in [0.29, 0.717) is 0 Å². The summed E-state index contributed by atoms with van der Waals surface area (Å²) in [5, 5.41) is 4.94. The van der Waals surface area contributed by atoms with Crippen LogP contribution >= 0.6 is 0 Å². The lowest BCUT2D eigenvalue weighted by atomic mass is 9.94. The van der Waals surface area contributed by atoms with Crippen LogP contribution in [0, 0.1) is 0 Å². The second-order valence-electron chi connectivity index (χ2n) is 13.8. The summed E-state index contributed by atoms with van der Waals surface area (Å²) in [5.41, 5.74) is 14.1. The quantitative estimate of drug-likeness (QED) is 0.162. The molecule has 10 rings (SSSR count). The van der Waals surface area contributed by atoms with E-state index in [9.17, 15) is 0 Å². The van der Waals surface area contributed by atoms with Crippen molar-refractivity contribution in [2.45, 2.75) is 0 Å². The Labute approximate surface area is 315 Å². The Morgan fingerprint density at radius 2 is 0.815 bits per heavy atom. The summed E-state index contributed by atoms with van der Waals surface area (Å²) in [4.78, 5) is 2.32. The Morgan fingerprint density at radius 1 is 0.333 bits per heavy atom. The van der Waals surface area contributed by atoms with Crippen molar-refractivity contribution >= 4 is 49.6 Å². The predicted molar refractivity (Wildman–Crippen MR) is 229 cm³/mol. The van der Waals surface area contributed by atoms with Crippen LogP contribution in [-0.2, 0) is 0 Å². The van der Waals surface area contributed by atoms with Gasteiger partial charge in [-0.1, -0.05) is 158 Å². The number of nitrogens with zero attached hydrogens (tertiary/aromatic N) is 2. The van der Waals surface area contributed by atoms with Crippen molar-refractivity contribution in [1.82, 2.24) is 4.57 Å². The van der Waals surface area contributed by atoms with Crippen molar-refractivity contribution in [2.24, 2.45) is 0 Å². The summed E-state index contributed by atoms with van der Waals surface area (Å²) in [6, 6.07) is 78.8. The van der Waals surface area contributed by atoms with Gasteiger partial charge in [0.15, 0.2) is 0 Å². The summed E-state index contributed by atoms with van der Waals surface area (Å²) in [6.45, 7) is 0. The molecule has 254 valence electrons. The lowest BCUT2D eigenvalue weighted by molar-refractivity contribution is 1.19. The maximum Gasteiger partial charge on any atom is 0.0625 e. The summed E-state index contributed by atoms with van der Waals surface area (Å²) >= 11 is 0. The van der Waals surface area contributed by atoms with Gasteiger partial charge in [-0.25, -0.2) is 0 Å². The molecule has 0 saturated heterocycles. The minimum atomic E-state index is 1.11. The lowest BCUT2D eigenvalue weighted by Gasteiger charge is -2.25. The Morgan fingerprint density at radius 3 is 1.44 bits per heavy atom. The average molecular weight is 689 g/mol. The van der Waals surface area contributed by atoms with Crippen molar-refractivity contribution < 1.29 is 0 Å². The van der Waals surface area contributed by atoms with E-state index < -0.39 is 0 Å². The van der Waals surface area contributed by atoms with Gasteiger partial charge in [0.1, 0.15) is 0 Å². The molecule has 0 fully saturated rings. The molecule has 2 nitrogen and oxygen atoms in total. The SMILES string of the molecule is c1ccc(-c2ccc(-n3c4cc(-c5ccccc5)ccc4c4c(-c5ccc(N(c6ccccc6)c6ccccc6)cc5)cc5ccccc5c43)cc2)cc1. The first-order chi connectivity index (χ1) is 26.8. The molecule has 1 heterocycles.